The van der Waals surface area contributed by atoms with Gasteiger partial charge in [-0.15, -0.1) is 0 Å². The Bertz CT molecular complexity index is 988. The van der Waals surface area contributed by atoms with Crippen molar-refractivity contribution in [2.45, 2.75) is 6.18 Å². The molecular formula is C16H8F3IrN2O-. The molecule has 0 amide bonds. The van der Waals surface area contributed by atoms with Crippen molar-refractivity contribution in [2.24, 2.45) is 0 Å². The van der Waals surface area contributed by atoms with E-state index in [1.54, 1.807) is 6.07 Å². The second-order valence-electron chi connectivity index (χ2n) is 4.84. The number of benzene rings is 2. The van der Waals surface area contributed by atoms with Crippen LogP contribution in [0.2, 0.25) is 0 Å². The number of halogens is 3. The van der Waals surface area contributed by atoms with E-state index in [0.29, 0.717) is 16.9 Å². The standard InChI is InChI=1S/C16H8F3N2O.Ir/c17-16(18,19)10-8-20-21(9-10)13-6-3-5-12-11-4-1-2-7-14(11)22-15(12)13;/h1-5,7-9H;/q-1;. The average Bonchev–Trinajstić information content (AvgIpc) is 3.11. The largest absolute Gasteiger partial charge is 0.513 e. The SMILES string of the molecule is FC(F)(F)c1cnn(-c2[c-]ccc3c2oc2ccccc23)c1.[Ir]. The van der Waals surface area contributed by atoms with Crippen LogP contribution < -0.4 is 0 Å². The van der Waals surface area contributed by atoms with Crippen molar-refractivity contribution in [3.63, 3.8) is 0 Å². The van der Waals surface area contributed by atoms with Gasteiger partial charge in [0.05, 0.1) is 11.8 Å². The van der Waals surface area contributed by atoms with Crippen LogP contribution in [0.1, 0.15) is 5.56 Å². The maximum Gasteiger partial charge on any atom is 0.419 e. The first-order valence-corrected chi connectivity index (χ1v) is 6.48. The fourth-order valence-electron chi connectivity index (χ4n) is 2.44. The quantitative estimate of drug-likeness (QED) is 0.364. The van der Waals surface area contributed by atoms with Crippen LogP contribution in [0.25, 0.3) is 27.6 Å². The Hall–Kier alpha value is -2.11. The Balaban J connectivity index is 0.00000156. The first-order chi connectivity index (χ1) is 10.5. The summed E-state index contributed by atoms with van der Waals surface area (Å²) in [6, 6.07) is 13.8. The van der Waals surface area contributed by atoms with E-state index in [-0.39, 0.29) is 20.1 Å². The van der Waals surface area contributed by atoms with Crippen molar-refractivity contribution < 1.29 is 37.7 Å². The summed E-state index contributed by atoms with van der Waals surface area (Å²) in [5.41, 5.74) is 0.667. The molecule has 2 aromatic carbocycles. The Labute approximate surface area is 142 Å². The summed E-state index contributed by atoms with van der Waals surface area (Å²) in [5.74, 6) is 0. The van der Waals surface area contributed by atoms with Crippen molar-refractivity contribution in [3.05, 3.63) is 60.4 Å². The molecule has 2 aromatic heterocycles. The van der Waals surface area contributed by atoms with E-state index >= 15 is 0 Å². The number of furan rings is 1. The summed E-state index contributed by atoms with van der Waals surface area (Å²) < 4.78 is 45.0. The summed E-state index contributed by atoms with van der Waals surface area (Å²) >= 11 is 0. The summed E-state index contributed by atoms with van der Waals surface area (Å²) in [4.78, 5) is 0. The molecule has 0 aliphatic carbocycles. The van der Waals surface area contributed by atoms with Gasteiger partial charge in [-0.1, -0.05) is 23.6 Å². The second kappa shape index (κ2) is 5.51. The Kier molecular flexibility index (Phi) is 3.78. The van der Waals surface area contributed by atoms with E-state index < -0.39 is 11.7 Å². The molecule has 0 saturated heterocycles. The third-order valence-electron chi connectivity index (χ3n) is 3.46. The third-order valence-corrected chi connectivity index (χ3v) is 3.46. The number of alkyl halides is 3. The van der Waals surface area contributed by atoms with E-state index in [2.05, 4.69) is 11.2 Å². The fourth-order valence-corrected chi connectivity index (χ4v) is 2.44. The molecule has 4 rings (SSSR count). The maximum atomic E-state index is 12.7. The molecule has 1 radical (unpaired) electrons. The first kappa shape index (κ1) is 15.8. The molecule has 2 heterocycles. The third kappa shape index (κ3) is 2.56. The monoisotopic (exact) mass is 494 g/mol. The van der Waals surface area contributed by atoms with Crippen LogP contribution in [0.5, 0.6) is 0 Å². The number of para-hydroxylation sites is 1. The van der Waals surface area contributed by atoms with Gasteiger partial charge in [0.1, 0.15) is 5.58 Å². The molecule has 0 bridgehead atoms. The van der Waals surface area contributed by atoms with Gasteiger partial charge in [-0.2, -0.15) is 36.5 Å². The molecule has 7 heteroatoms. The number of fused-ring (bicyclic) bond motifs is 3. The number of nitrogens with zero attached hydrogens (tertiary/aromatic N) is 2. The van der Waals surface area contributed by atoms with E-state index in [9.17, 15) is 13.2 Å². The van der Waals surface area contributed by atoms with E-state index in [4.69, 9.17) is 4.42 Å². The van der Waals surface area contributed by atoms with E-state index in [1.807, 2.05) is 30.3 Å². The zero-order valence-electron chi connectivity index (χ0n) is 11.4. The molecule has 0 N–H and O–H groups in total. The van der Waals surface area contributed by atoms with Gasteiger partial charge in [-0.25, -0.2) is 0 Å². The van der Waals surface area contributed by atoms with Gasteiger partial charge >= 0.3 is 6.18 Å². The molecule has 0 aliphatic heterocycles. The Morgan fingerprint density at radius 3 is 2.61 bits per heavy atom. The molecule has 0 spiro atoms. The number of hydrogen-bond donors (Lipinski definition) is 0. The summed E-state index contributed by atoms with van der Waals surface area (Å²) in [6.07, 6.45) is -2.71. The van der Waals surface area contributed by atoms with Crippen molar-refractivity contribution in [1.82, 2.24) is 9.78 Å². The molecule has 119 valence electrons. The molecule has 23 heavy (non-hydrogen) atoms. The number of hydrogen-bond acceptors (Lipinski definition) is 2. The minimum Gasteiger partial charge on any atom is -0.513 e. The maximum absolute atomic E-state index is 12.7. The minimum absolute atomic E-state index is 0. The van der Waals surface area contributed by atoms with Gasteiger partial charge in [0, 0.05) is 37.3 Å². The smallest absolute Gasteiger partial charge is 0.419 e. The average molecular weight is 493 g/mol. The van der Waals surface area contributed by atoms with Crippen LogP contribution in [0.3, 0.4) is 0 Å². The molecule has 3 nitrogen and oxygen atoms in total. The second-order valence-corrected chi connectivity index (χ2v) is 4.84. The summed E-state index contributed by atoms with van der Waals surface area (Å²) in [5, 5.41) is 5.49. The molecule has 0 fully saturated rings. The van der Waals surface area contributed by atoms with Crippen LogP contribution in [0.4, 0.5) is 13.2 Å². The van der Waals surface area contributed by atoms with Crippen LogP contribution in [0.15, 0.2) is 53.2 Å². The normalized spacial score (nSPS) is 11.8. The molecule has 0 unspecified atom stereocenters. The molecule has 0 atom stereocenters. The fraction of sp³-hybridized carbons (Fsp3) is 0.0625. The first-order valence-electron chi connectivity index (χ1n) is 6.48. The van der Waals surface area contributed by atoms with Crippen molar-refractivity contribution >= 4 is 21.9 Å². The minimum atomic E-state index is -4.43. The summed E-state index contributed by atoms with van der Waals surface area (Å²) in [7, 11) is 0. The number of aromatic nitrogens is 2. The van der Waals surface area contributed by atoms with Crippen LogP contribution >= 0.6 is 0 Å². The van der Waals surface area contributed by atoms with Gasteiger partial charge in [-0.3, -0.25) is 4.68 Å². The van der Waals surface area contributed by atoms with Crippen molar-refractivity contribution in [1.29, 1.82) is 0 Å². The van der Waals surface area contributed by atoms with Crippen molar-refractivity contribution in [2.75, 3.05) is 0 Å². The van der Waals surface area contributed by atoms with Gasteiger partial charge in [0.15, 0.2) is 0 Å². The number of rotatable bonds is 1. The zero-order valence-corrected chi connectivity index (χ0v) is 13.8. The molecular weight excluding hydrogens is 485 g/mol. The Morgan fingerprint density at radius 2 is 1.87 bits per heavy atom. The van der Waals surface area contributed by atoms with Crippen LogP contribution in [0, 0.1) is 6.07 Å². The van der Waals surface area contributed by atoms with Gasteiger partial charge in [0.25, 0.3) is 0 Å². The van der Waals surface area contributed by atoms with E-state index in [1.165, 1.54) is 0 Å². The zero-order chi connectivity index (χ0) is 15.3. The molecule has 0 saturated carbocycles. The predicted molar refractivity (Wildman–Crippen MR) is 74.7 cm³/mol. The molecule has 4 aromatic rings. The Morgan fingerprint density at radius 1 is 1.09 bits per heavy atom. The van der Waals surface area contributed by atoms with E-state index in [0.717, 1.165) is 27.8 Å². The van der Waals surface area contributed by atoms with Crippen LogP contribution in [-0.2, 0) is 26.3 Å². The predicted octanol–water partition coefficient (Wildman–Crippen LogP) is 4.59. The topological polar surface area (TPSA) is 31.0 Å². The van der Waals surface area contributed by atoms with Gasteiger partial charge in [0.2, 0.25) is 0 Å². The van der Waals surface area contributed by atoms with Crippen LogP contribution in [-0.4, -0.2) is 9.78 Å². The van der Waals surface area contributed by atoms with Gasteiger partial charge in [-0.05, 0) is 11.8 Å². The molecule has 0 aliphatic rings. The van der Waals surface area contributed by atoms with Crippen molar-refractivity contribution in [3.8, 4) is 5.69 Å². The van der Waals surface area contributed by atoms with Gasteiger partial charge < -0.3 is 4.42 Å². The summed E-state index contributed by atoms with van der Waals surface area (Å²) in [6.45, 7) is 0.